The van der Waals surface area contributed by atoms with Crippen molar-refractivity contribution in [1.82, 2.24) is 4.90 Å². The van der Waals surface area contributed by atoms with Gasteiger partial charge in [0.05, 0.1) is 17.9 Å². The van der Waals surface area contributed by atoms with E-state index in [1.807, 2.05) is 36.1 Å². The van der Waals surface area contributed by atoms with Crippen LogP contribution in [0.25, 0.3) is 5.57 Å². The number of nitrogens with zero attached hydrogens (tertiary/aromatic N) is 2. The van der Waals surface area contributed by atoms with E-state index in [9.17, 15) is 14.0 Å². The van der Waals surface area contributed by atoms with Crippen LogP contribution < -0.4 is 9.64 Å². The van der Waals surface area contributed by atoms with E-state index in [0.717, 1.165) is 36.5 Å². The fourth-order valence-corrected chi connectivity index (χ4v) is 4.25. The van der Waals surface area contributed by atoms with Crippen molar-refractivity contribution in [2.45, 2.75) is 33.1 Å². The average Bonchev–Trinajstić information content (AvgIpc) is 3.02. The molecule has 2 aliphatic rings. The number of piperidine rings is 1. The van der Waals surface area contributed by atoms with Gasteiger partial charge in [-0.3, -0.25) is 9.59 Å². The highest BCUT2D eigenvalue weighted by Gasteiger charge is 2.43. The highest BCUT2D eigenvalue weighted by molar-refractivity contribution is 6.45. The molecule has 2 aromatic carbocycles. The summed E-state index contributed by atoms with van der Waals surface area (Å²) in [5, 5.41) is 0. The minimum atomic E-state index is -0.489. The lowest BCUT2D eigenvalue weighted by Gasteiger charge is -2.33. The molecular formula is C25H27FN2O3. The van der Waals surface area contributed by atoms with Gasteiger partial charge in [0.2, 0.25) is 0 Å². The highest BCUT2D eigenvalue weighted by atomic mass is 19.1. The monoisotopic (exact) mass is 422 g/mol. The first kappa shape index (κ1) is 21.1. The van der Waals surface area contributed by atoms with Gasteiger partial charge in [-0.15, -0.1) is 0 Å². The quantitative estimate of drug-likeness (QED) is 0.637. The van der Waals surface area contributed by atoms with E-state index in [-0.39, 0.29) is 5.69 Å². The lowest BCUT2D eigenvalue weighted by Crippen LogP contribution is -2.39. The van der Waals surface area contributed by atoms with Crippen LogP contribution >= 0.6 is 0 Å². The number of amides is 2. The van der Waals surface area contributed by atoms with Crippen molar-refractivity contribution in [2.24, 2.45) is 5.92 Å². The van der Waals surface area contributed by atoms with Crippen LogP contribution in [0, 0.1) is 11.7 Å². The maximum absolute atomic E-state index is 13.9. The molecular weight excluding hydrogens is 395 g/mol. The van der Waals surface area contributed by atoms with Gasteiger partial charge in [0.1, 0.15) is 17.3 Å². The summed E-state index contributed by atoms with van der Waals surface area (Å²) < 4.78 is 19.5. The third-order valence-electron chi connectivity index (χ3n) is 5.71. The summed E-state index contributed by atoms with van der Waals surface area (Å²) in [5.41, 5.74) is 1.68. The number of imide groups is 1. The molecule has 0 aromatic heterocycles. The second kappa shape index (κ2) is 8.92. The van der Waals surface area contributed by atoms with Crippen molar-refractivity contribution < 1.29 is 18.7 Å². The Bertz CT molecular complexity index is 1020. The minimum Gasteiger partial charge on any atom is -0.494 e. The lowest BCUT2D eigenvalue weighted by molar-refractivity contribution is -0.120. The molecule has 2 heterocycles. The molecule has 0 bridgehead atoms. The molecule has 4 rings (SSSR count). The summed E-state index contributed by atoms with van der Waals surface area (Å²) in [6.07, 6.45) is 2.96. The Morgan fingerprint density at radius 3 is 2.55 bits per heavy atom. The highest BCUT2D eigenvalue weighted by Crippen LogP contribution is 2.37. The maximum Gasteiger partial charge on any atom is 0.282 e. The standard InChI is InChI=1S/C25H27FN2O3/c1-3-14-31-21-11-9-18(10-12-21)22-23(27-13-5-6-17(2)16-27)25(30)28(24(22)29)20-8-4-7-19(26)15-20/h4,7-12,15,17H,3,5-6,13-14,16H2,1-2H3. The zero-order valence-electron chi connectivity index (χ0n) is 17.9. The fourth-order valence-electron chi connectivity index (χ4n) is 4.25. The number of hydrogen-bond acceptors (Lipinski definition) is 4. The number of carbonyl (C=O) groups is 2. The molecule has 162 valence electrons. The smallest absolute Gasteiger partial charge is 0.282 e. The van der Waals surface area contributed by atoms with Crippen LogP contribution in [0.3, 0.4) is 0 Å². The van der Waals surface area contributed by atoms with Crippen LogP contribution in [-0.2, 0) is 9.59 Å². The van der Waals surface area contributed by atoms with Gasteiger partial charge in [-0.25, -0.2) is 9.29 Å². The van der Waals surface area contributed by atoms with Gasteiger partial charge >= 0.3 is 0 Å². The van der Waals surface area contributed by atoms with Crippen LogP contribution in [0.1, 0.15) is 38.7 Å². The number of rotatable bonds is 6. The largest absolute Gasteiger partial charge is 0.494 e. The molecule has 6 heteroatoms. The molecule has 2 amide bonds. The van der Waals surface area contributed by atoms with Gasteiger partial charge in [-0.1, -0.05) is 32.0 Å². The van der Waals surface area contributed by atoms with E-state index >= 15 is 0 Å². The van der Waals surface area contributed by atoms with Gasteiger partial charge in [-0.2, -0.15) is 0 Å². The third kappa shape index (κ3) is 4.20. The number of likely N-dealkylation sites (tertiary alicyclic amines) is 1. The molecule has 1 unspecified atom stereocenters. The Balaban J connectivity index is 1.76. The first-order chi connectivity index (χ1) is 15.0. The molecule has 5 nitrogen and oxygen atoms in total. The summed E-state index contributed by atoms with van der Waals surface area (Å²) in [5.74, 6) is -0.161. The summed E-state index contributed by atoms with van der Waals surface area (Å²) in [6.45, 7) is 6.24. The first-order valence-corrected chi connectivity index (χ1v) is 10.9. The molecule has 0 spiro atoms. The second-order valence-corrected chi connectivity index (χ2v) is 8.22. The van der Waals surface area contributed by atoms with Crippen molar-refractivity contribution in [3.63, 3.8) is 0 Å². The van der Waals surface area contributed by atoms with Crippen molar-refractivity contribution in [3.05, 3.63) is 65.6 Å². The van der Waals surface area contributed by atoms with Crippen LogP contribution in [-0.4, -0.2) is 36.4 Å². The third-order valence-corrected chi connectivity index (χ3v) is 5.71. The van der Waals surface area contributed by atoms with Gasteiger partial charge in [-0.05, 0) is 61.1 Å². The first-order valence-electron chi connectivity index (χ1n) is 10.9. The molecule has 0 saturated carbocycles. The van der Waals surface area contributed by atoms with Crippen molar-refractivity contribution in [3.8, 4) is 5.75 Å². The topological polar surface area (TPSA) is 49.9 Å². The predicted octanol–water partition coefficient (Wildman–Crippen LogP) is 4.63. The molecule has 0 aliphatic carbocycles. The van der Waals surface area contributed by atoms with Crippen LogP contribution in [0.15, 0.2) is 54.2 Å². The predicted molar refractivity (Wildman–Crippen MR) is 118 cm³/mol. The number of halogens is 1. The van der Waals surface area contributed by atoms with Gasteiger partial charge in [0.15, 0.2) is 0 Å². The Morgan fingerprint density at radius 1 is 1.10 bits per heavy atom. The van der Waals surface area contributed by atoms with E-state index in [0.29, 0.717) is 35.9 Å². The van der Waals surface area contributed by atoms with E-state index in [1.165, 1.54) is 18.2 Å². The van der Waals surface area contributed by atoms with Crippen LogP contribution in [0.5, 0.6) is 5.75 Å². The van der Waals surface area contributed by atoms with Crippen molar-refractivity contribution in [1.29, 1.82) is 0 Å². The summed E-state index contributed by atoms with van der Waals surface area (Å²) in [7, 11) is 0. The molecule has 1 fully saturated rings. The SMILES string of the molecule is CCCOc1ccc(C2=C(N3CCCC(C)C3)C(=O)N(c3cccc(F)c3)C2=O)cc1. The van der Waals surface area contributed by atoms with Crippen LogP contribution in [0.4, 0.5) is 10.1 Å². The van der Waals surface area contributed by atoms with Gasteiger partial charge in [0, 0.05) is 13.1 Å². The van der Waals surface area contributed by atoms with Gasteiger partial charge in [0.25, 0.3) is 11.8 Å². The molecule has 0 radical (unpaired) electrons. The number of anilines is 1. The van der Waals surface area contributed by atoms with Crippen molar-refractivity contribution in [2.75, 3.05) is 24.6 Å². The maximum atomic E-state index is 13.9. The Hall–Kier alpha value is -3.15. The summed E-state index contributed by atoms with van der Waals surface area (Å²) in [4.78, 5) is 30.1. The van der Waals surface area contributed by atoms with E-state index in [2.05, 4.69) is 6.92 Å². The molecule has 0 N–H and O–H groups in total. The number of carbonyl (C=O) groups excluding carboxylic acids is 2. The molecule has 2 aromatic rings. The van der Waals surface area contributed by atoms with Crippen LogP contribution in [0.2, 0.25) is 0 Å². The van der Waals surface area contributed by atoms with E-state index in [4.69, 9.17) is 4.74 Å². The zero-order chi connectivity index (χ0) is 22.0. The zero-order valence-corrected chi connectivity index (χ0v) is 17.9. The van der Waals surface area contributed by atoms with E-state index < -0.39 is 17.6 Å². The molecule has 1 atom stereocenters. The average molecular weight is 423 g/mol. The normalized spacial score (nSPS) is 19.4. The lowest BCUT2D eigenvalue weighted by atomic mass is 9.97. The summed E-state index contributed by atoms with van der Waals surface area (Å²) in [6, 6.07) is 12.9. The Labute approximate surface area is 182 Å². The second-order valence-electron chi connectivity index (χ2n) is 8.22. The fraction of sp³-hybridized carbons (Fsp3) is 0.360. The van der Waals surface area contributed by atoms with Crippen molar-refractivity contribution >= 4 is 23.1 Å². The number of benzene rings is 2. The summed E-state index contributed by atoms with van der Waals surface area (Å²) >= 11 is 0. The molecule has 31 heavy (non-hydrogen) atoms. The van der Waals surface area contributed by atoms with Gasteiger partial charge < -0.3 is 9.64 Å². The number of ether oxygens (including phenoxy) is 1. The molecule has 1 saturated heterocycles. The Morgan fingerprint density at radius 2 is 1.87 bits per heavy atom. The number of hydrogen-bond donors (Lipinski definition) is 0. The minimum absolute atomic E-state index is 0.246. The van der Waals surface area contributed by atoms with E-state index in [1.54, 1.807) is 6.07 Å². The Kier molecular flexibility index (Phi) is 6.07. The molecule has 2 aliphatic heterocycles.